The fraction of sp³-hybridized carbons (Fsp3) is 0.500. The SMILES string of the molecule is Cc1cc(Cn2cc(S(=O)(=O)Cl)nc2C(C)C)n(C)n1. The lowest BCUT2D eigenvalue weighted by molar-refractivity contribution is 0.606. The van der Waals surface area contributed by atoms with Crippen molar-refractivity contribution < 1.29 is 8.42 Å². The molecule has 0 N–H and O–H groups in total. The number of aromatic nitrogens is 4. The van der Waals surface area contributed by atoms with Crippen molar-refractivity contribution >= 4 is 19.7 Å². The predicted octanol–water partition coefficient (Wildman–Crippen LogP) is 2.02. The Morgan fingerprint density at radius 2 is 2.05 bits per heavy atom. The summed E-state index contributed by atoms with van der Waals surface area (Å²) in [5.74, 6) is 0.777. The van der Waals surface area contributed by atoms with Gasteiger partial charge in [-0.3, -0.25) is 4.68 Å². The molecule has 110 valence electrons. The lowest BCUT2D eigenvalue weighted by Crippen LogP contribution is -2.09. The summed E-state index contributed by atoms with van der Waals surface area (Å²) < 4.78 is 26.4. The summed E-state index contributed by atoms with van der Waals surface area (Å²) in [4.78, 5) is 4.13. The second-order valence-corrected chi connectivity index (χ2v) is 7.57. The smallest absolute Gasteiger partial charge is 0.280 e. The van der Waals surface area contributed by atoms with E-state index in [0.29, 0.717) is 12.4 Å². The number of halogens is 1. The van der Waals surface area contributed by atoms with Crippen LogP contribution in [0.1, 0.15) is 37.0 Å². The molecular weight excluding hydrogens is 300 g/mol. The van der Waals surface area contributed by atoms with Crippen LogP contribution >= 0.6 is 10.7 Å². The highest BCUT2D eigenvalue weighted by Gasteiger charge is 2.20. The van der Waals surface area contributed by atoms with Crippen molar-refractivity contribution in [3.63, 3.8) is 0 Å². The van der Waals surface area contributed by atoms with E-state index < -0.39 is 9.05 Å². The van der Waals surface area contributed by atoms with Gasteiger partial charge in [-0.2, -0.15) is 5.10 Å². The first-order valence-electron chi connectivity index (χ1n) is 6.19. The summed E-state index contributed by atoms with van der Waals surface area (Å²) in [6.45, 7) is 6.33. The predicted molar refractivity (Wildman–Crippen MR) is 76.4 cm³/mol. The van der Waals surface area contributed by atoms with Crippen molar-refractivity contribution in [3.8, 4) is 0 Å². The molecule has 0 spiro atoms. The van der Waals surface area contributed by atoms with Crippen LogP contribution in [0.15, 0.2) is 17.3 Å². The van der Waals surface area contributed by atoms with Gasteiger partial charge in [-0.05, 0) is 13.0 Å². The Hall–Kier alpha value is -1.34. The molecule has 2 rings (SSSR count). The molecule has 2 aromatic heterocycles. The normalized spacial score (nSPS) is 12.3. The lowest BCUT2D eigenvalue weighted by Gasteiger charge is -2.09. The van der Waals surface area contributed by atoms with Crippen molar-refractivity contribution in [2.24, 2.45) is 7.05 Å². The maximum atomic E-state index is 11.4. The van der Waals surface area contributed by atoms with Crippen LogP contribution < -0.4 is 0 Å². The Bertz CT molecular complexity index is 731. The molecule has 0 aliphatic heterocycles. The van der Waals surface area contributed by atoms with Crippen LogP contribution in [-0.2, 0) is 22.6 Å². The summed E-state index contributed by atoms with van der Waals surface area (Å²) >= 11 is 0. The van der Waals surface area contributed by atoms with E-state index in [1.807, 2.05) is 33.9 Å². The minimum atomic E-state index is -3.82. The van der Waals surface area contributed by atoms with Crippen molar-refractivity contribution in [3.05, 3.63) is 29.5 Å². The molecule has 0 unspecified atom stereocenters. The lowest BCUT2D eigenvalue weighted by atomic mass is 10.2. The zero-order valence-corrected chi connectivity index (χ0v) is 13.4. The largest absolute Gasteiger partial charge is 0.327 e. The van der Waals surface area contributed by atoms with Gasteiger partial charge < -0.3 is 4.57 Å². The third-order valence-corrected chi connectivity index (χ3v) is 4.15. The van der Waals surface area contributed by atoms with Gasteiger partial charge in [0.1, 0.15) is 5.82 Å². The summed E-state index contributed by atoms with van der Waals surface area (Å²) in [7, 11) is 3.40. The van der Waals surface area contributed by atoms with Gasteiger partial charge in [-0.15, -0.1) is 0 Å². The van der Waals surface area contributed by atoms with Crippen LogP contribution in [0.4, 0.5) is 0 Å². The molecule has 0 radical (unpaired) electrons. The van der Waals surface area contributed by atoms with Gasteiger partial charge in [0.25, 0.3) is 9.05 Å². The van der Waals surface area contributed by atoms with Crippen LogP contribution in [-0.4, -0.2) is 27.7 Å². The minimum Gasteiger partial charge on any atom is -0.327 e. The number of aryl methyl sites for hydroxylation is 2. The van der Waals surface area contributed by atoms with E-state index >= 15 is 0 Å². The van der Waals surface area contributed by atoms with E-state index in [2.05, 4.69) is 10.1 Å². The van der Waals surface area contributed by atoms with Crippen LogP contribution in [0.2, 0.25) is 0 Å². The maximum Gasteiger partial charge on any atom is 0.280 e. The highest BCUT2D eigenvalue weighted by atomic mass is 35.7. The standard InChI is InChI=1S/C12H17ClN4O2S/c1-8(2)12-14-11(20(13,18)19)7-17(12)6-10-5-9(3)15-16(10)4/h5,7-8H,6H2,1-4H3. The molecule has 6 nitrogen and oxygen atoms in total. The van der Waals surface area contributed by atoms with Crippen LogP contribution in [0.3, 0.4) is 0 Å². The molecule has 0 aliphatic carbocycles. The molecule has 20 heavy (non-hydrogen) atoms. The Morgan fingerprint density at radius 1 is 1.40 bits per heavy atom. The fourth-order valence-corrected chi connectivity index (χ4v) is 2.78. The average molecular weight is 317 g/mol. The summed E-state index contributed by atoms with van der Waals surface area (Å²) in [6, 6.07) is 1.96. The van der Waals surface area contributed by atoms with Gasteiger partial charge in [0.2, 0.25) is 0 Å². The molecular formula is C12H17ClN4O2S. The van der Waals surface area contributed by atoms with Crippen molar-refractivity contribution in [2.45, 2.75) is 38.3 Å². The molecule has 0 fully saturated rings. The molecule has 0 amide bonds. The third-order valence-electron chi connectivity index (χ3n) is 2.98. The number of imidazole rings is 1. The van der Waals surface area contributed by atoms with Crippen LogP contribution in [0.25, 0.3) is 0 Å². The molecule has 0 aliphatic rings. The quantitative estimate of drug-likeness (QED) is 0.809. The monoisotopic (exact) mass is 316 g/mol. The maximum absolute atomic E-state index is 11.4. The summed E-state index contributed by atoms with van der Waals surface area (Å²) in [5, 5.41) is 4.17. The van der Waals surface area contributed by atoms with Gasteiger partial charge >= 0.3 is 0 Å². The fourth-order valence-electron chi connectivity index (χ4n) is 2.10. The number of hydrogen-bond donors (Lipinski definition) is 0. The van der Waals surface area contributed by atoms with Crippen LogP contribution in [0, 0.1) is 6.92 Å². The van der Waals surface area contributed by atoms with E-state index in [0.717, 1.165) is 11.4 Å². The van der Waals surface area contributed by atoms with Crippen LogP contribution in [0.5, 0.6) is 0 Å². The number of rotatable bonds is 4. The van der Waals surface area contributed by atoms with Crippen molar-refractivity contribution in [1.82, 2.24) is 19.3 Å². The van der Waals surface area contributed by atoms with E-state index in [1.54, 1.807) is 9.25 Å². The topological polar surface area (TPSA) is 69.8 Å². The van der Waals surface area contributed by atoms with Gasteiger partial charge in [0, 0.05) is 29.8 Å². The number of nitrogens with zero attached hydrogens (tertiary/aromatic N) is 4. The Kier molecular flexibility index (Phi) is 3.93. The summed E-state index contributed by atoms with van der Waals surface area (Å²) in [5.41, 5.74) is 1.89. The Labute approximate surface area is 122 Å². The molecule has 0 atom stereocenters. The molecule has 0 bridgehead atoms. The zero-order valence-electron chi connectivity index (χ0n) is 11.8. The van der Waals surface area contributed by atoms with E-state index in [1.165, 1.54) is 6.20 Å². The molecule has 0 saturated heterocycles. The Balaban J connectivity index is 2.45. The minimum absolute atomic E-state index is 0.0940. The second kappa shape index (κ2) is 5.21. The van der Waals surface area contributed by atoms with Gasteiger partial charge in [0.05, 0.1) is 17.9 Å². The molecule has 2 aromatic rings. The third kappa shape index (κ3) is 3.04. The van der Waals surface area contributed by atoms with E-state index in [9.17, 15) is 8.42 Å². The van der Waals surface area contributed by atoms with E-state index in [4.69, 9.17) is 10.7 Å². The van der Waals surface area contributed by atoms with Gasteiger partial charge in [0.15, 0.2) is 5.03 Å². The first-order chi connectivity index (χ1) is 9.18. The average Bonchev–Trinajstić information content (AvgIpc) is 2.83. The summed E-state index contributed by atoms with van der Waals surface area (Å²) in [6.07, 6.45) is 1.47. The molecule has 2 heterocycles. The highest BCUT2D eigenvalue weighted by molar-refractivity contribution is 8.13. The molecule has 8 heteroatoms. The molecule has 0 saturated carbocycles. The first kappa shape index (κ1) is 15.1. The number of hydrogen-bond acceptors (Lipinski definition) is 4. The zero-order chi connectivity index (χ0) is 15.1. The highest BCUT2D eigenvalue weighted by Crippen LogP contribution is 2.21. The van der Waals surface area contributed by atoms with Crippen molar-refractivity contribution in [2.75, 3.05) is 0 Å². The second-order valence-electron chi connectivity index (χ2n) is 5.06. The van der Waals surface area contributed by atoms with Crippen molar-refractivity contribution in [1.29, 1.82) is 0 Å². The van der Waals surface area contributed by atoms with E-state index in [-0.39, 0.29) is 10.9 Å². The molecule has 0 aromatic carbocycles. The Morgan fingerprint density at radius 3 is 2.50 bits per heavy atom. The van der Waals surface area contributed by atoms with Gasteiger partial charge in [-0.25, -0.2) is 13.4 Å². The first-order valence-corrected chi connectivity index (χ1v) is 8.50. The van der Waals surface area contributed by atoms with Gasteiger partial charge in [-0.1, -0.05) is 13.8 Å².